The summed E-state index contributed by atoms with van der Waals surface area (Å²) < 4.78 is 6.41. The van der Waals surface area contributed by atoms with Gasteiger partial charge in [-0.15, -0.1) is 0 Å². The lowest BCUT2D eigenvalue weighted by Gasteiger charge is -2.06. The van der Waals surface area contributed by atoms with Crippen LogP contribution in [0.15, 0.2) is 55.1 Å². The summed E-state index contributed by atoms with van der Waals surface area (Å²) in [4.78, 5) is 26.6. The molecule has 2 aromatic carbocycles. The fourth-order valence-electron chi connectivity index (χ4n) is 1.99. The molecular formula is C15H9ClN4O4. The number of halogens is 1. The normalized spacial score (nSPS) is 10.4. The summed E-state index contributed by atoms with van der Waals surface area (Å²) in [6, 6.07) is 10.2. The molecule has 120 valence electrons. The van der Waals surface area contributed by atoms with Gasteiger partial charge in [0.15, 0.2) is 0 Å². The molecule has 1 aromatic heterocycles. The number of carbonyl (C=O) groups excluding carboxylic acids is 1. The molecule has 9 heteroatoms. The Morgan fingerprint density at radius 1 is 1.21 bits per heavy atom. The summed E-state index contributed by atoms with van der Waals surface area (Å²) in [6.45, 7) is 0. The standard InChI is InChI=1S/C15H9ClN4O4/c16-11-2-4-12(5-3-11)24-15(21)10-1-6-13(14(7-10)20(22)23)19-9-17-8-18-19/h1-9H. The minimum Gasteiger partial charge on any atom is -0.423 e. The number of rotatable bonds is 4. The number of benzene rings is 2. The Labute approximate surface area is 140 Å². The molecule has 0 aliphatic carbocycles. The predicted molar refractivity (Wildman–Crippen MR) is 84.4 cm³/mol. The zero-order chi connectivity index (χ0) is 17.1. The zero-order valence-electron chi connectivity index (χ0n) is 12.0. The molecule has 3 aromatic rings. The van der Waals surface area contributed by atoms with E-state index in [4.69, 9.17) is 16.3 Å². The van der Waals surface area contributed by atoms with E-state index in [0.717, 1.165) is 6.07 Å². The van der Waals surface area contributed by atoms with Crippen molar-refractivity contribution < 1.29 is 14.5 Å². The molecule has 24 heavy (non-hydrogen) atoms. The van der Waals surface area contributed by atoms with Crippen molar-refractivity contribution in [2.24, 2.45) is 0 Å². The summed E-state index contributed by atoms with van der Waals surface area (Å²) in [5, 5.41) is 15.6. The summed E-state index contributed by atoms with van der Waals surface area (Å²) in [6.07, 6.45) is 2.58. The minimum absolute atomic E-state index is 0.0421. The third-order valence-corrected chi connectivity index (χ3v) is 3.35. The molecule has 1 heterocycles. The summed E-state index contributed by atoms with van der Waals surface area (Å²) in [7, 11) is 0. The zero-order valence-corrected chi connectivity index (χ0v) is 12.8. The highest BCUT2D eigenvalue weighted by molar-refractivity contribution is 6.30. The van der Waals surface area contributed by atoms with Gasteiger partial charge in [-0.1, -0.05) is 11.6 Å². The molecule has 0 spiro atoms. The molecule has 0 amide bonds. The maximum absolute atomic E-state index is 12.2. The molecule has 3 rings (SSSR count). The van der Waals surface area contributed by atoms with Crippen LogP contribution in [0, 0.1) is 10.1 Å². The largest absolute Gasteiger partial charge is 0.423 e. The number of esters is 1. The summed E-state index contributed by atoms with van der Waals surface area (Å²) >= 11 is 5.76. The van der Waals surface area contributed by atoms with Gasteiger partial charge in [0.2, 0.25) is 0 Å². The van der Waals surface area contributed by atoms with E-state index in [1.54, 1.807) is 12.1 Å². The van der Waals surface area contributed by atoms with Crippen LogP contribution in [-0.4, -0.2) is 25.7 Å². The topological polar surface area (TPSA) is 100 Å². The maximum atomic E-state index is 12.2. The summed E-state index contributed by atoms with van der Waals surface area (Å²) in [5.41, 5.74) is -0.0490. The number of aromatic nitrogens is 3. The van der Waals surface area contributed by atoms with E-state index in [1.807, 2.05) is 0 Å². The second-order valence-corrected chi connectivity index (χ2v) is 5.08. The Kier molecular flexibility index (Phi) is 4.21. The van der Waals surface area contributed by atoms with Gasteiger partial charge in [0.25, 0.3) is 5.69 Å². The Morgan fingerprint density at radius 2 is 1.96 bits per heavy atom. The third-order valence-electron chi connectivity index (χ3n) is 3.10. The lowest BCUT2D eigenvalue weighted by molar-refractivity contribution is -0.384. The lowest BCUT2D eigenvalue weighted by Crippen LogP contribution is -2.10. The smallest absolute Gasteiger partial charge is 0.343 e. The average Bonchev–Trinajstić information content (AvgIpc) is 3.10. The van der Waals surface area contributed by atoms with Crippen LogP contribution in [0.5, 0.6) is 5.75 Å². The molecule has 0 unspecified atom stereocenters. The lowest BCUT2D eigenvalue weighted by atomic mass is 10.1. The number of nitro benzene ring substituents is 1. The molecule has 0 radical (unpaired) electrons. The molecular weight excluding hydrogens is 336 g/mol. The molecule has 0 fully saturated rings. The van der Waals surface area contributed by atoms with Crippen molar-refractivity contribution in [2.75, 3.05) is 0 Å². The molecule has 0 bridgehead atoms. The van der Waals surface area contributed by atoms with Gasteiger partial charge in [0, 0.05) is 11.1 Å². The van der Waals surface area contributed by atoms with Gasteiger partial charge >= 0.3 is 5.97 Å². The number of ether oxygens (including phenoxy) is 1. The van der Waals surface area contributed by atoms with Gasteiger partial charge in [-0.25, -0.2) is 14.5 Å². The van der Waals surface area contributed by atoms with E-state index in [9.17, 15) is 14.9 Å². The molecule has 0 atom stereocenters. The van der Waals surface area contributed by atoms with Crippen LogP contribution in [0.1, 0.15) is 10.4 Å². The van der Waals surface area contributed by atoms with Crippen molar-refractivity contribution in [1.29, 1.82) is 0 Å². The first-order chi connectivity index (χ1) is 11.5. The maximum Gasteiger partial charge on any atom is 0.343 e. The van der Waals surface area contributed by atoms with Crippen LogP contribution in [0.25, 0.3) is 5.69 Å². The van der Waals surface area contributed by atoms with Crippen LogP contribution in [-0.2, 0) is 0 Å². The fourth-order valence-corrected chi connectivity index (χ4v) is 2.12. The number of nitro groups is 1. The number of hydrogen-bond acceptors (Lipinski definition) is 6. The third kappa shape index (κ3) is 3.23. The van der Waals surface area contributed by atoms with Crippen molar-refractivity contribution in [3.63, 3.8) is 0 Å². The molecule has 0 aliphatic heterocycles. The van der Waals surface area contributed by atoms with Crippen LogP contribution >= 0.6 is 11.6 Å². The van der Waals surface area contributed by atoms with Crippen molar-refractivity contribution in [3.8, 4) is 11.4 Å². The molecule has 8 nitrogen and oxygen atoms in total. The summed E-state index contributed by atoms with van der Waals surface area (Å²) in [5.74, 6) is -0.432. The second kappa shape index (κ2) is 6.47. The average molecular weight is 345 g/mol. The van der Waals surface area contributed by atoms with E-state index in [-0.39, 0.29) is 22.7 Å². The SMILES string of the molecule is O=C(Oc1ccc(Cl)cc1)c1ccc(-n2cncn2)c([N+](=O)[O-])c1. The van der Waals surface area contributed by atoms with E-state index in [2.05, 4.69) is 10.1 Å². The van der Waals surface area contributed by atoms with Gasteiger partial charge in [-0.3, -0.25) is 10.1 Å². The van der Waals surface area contributed by atoms with Gasteiger partial charge < -0.3 is 4.74 Å². The Hall–Kier alpha value is -3.26. The molecule has 0 aliphatic rings. The highest BCUT2D eigenvalue weighted by Gasteiger charge is 2.20. The first-order valence-corrected chi connectivity index (χ1v) is 7.03. The minimum atomic E-state index is -0.717. The van der Waals surface area contributed by atoms with E-state index in [1.165, 1.54) is 41.6 Å². The number of hydrogen-bond donors (Lipinski definition) is 0. The number of nitrogens with zero attached hydrogens (tertiary/aromatic N) is 4. The molecule has 0 saturated carbocycles. The van der Waals surface area contributed by atoms with Crippen molar-refractivity contribution in [1.82, 2.24) is 14.8 Å². The Balaban J connectivity index is 1.91. The highest BCUT2D eigenvalue weighted by atomic mass is 35.5. The van der Waals surface area contributed by atoms with Crippen molar-refractivity contribution >= 4 is 23.3 Å². The Bertz CT molecular complexity index is 894. The van der Waals surface area contributed by atoms with E-state index >= 15 is 0 Å². The monoisotopic (exact) mass is 344 g/mol. The quantitative estimate of drug-likeness (QED) is 0.312. The van der Waals surface area contributed by atoms with Gasteiger partial charge in [0.05, 0.1) is 10.5 Å². The number of carbonyl (C=O) groups is 1. The van der Waals surface area contributed by atoms with E-state index < -0.39 is 10.9 Å². The van der Waals surface area contributed by atoms with Crippen LogP contribution in [0.4, 0.5) is 5.69 Å². The molecule has 0 saturated heterocycles. The van der Waals surface area contributed by atoms with Gasteiger partial charge in [-0.2, -0.15) is 5.10 Å². The van der Waals surface area contributed by atoms with Crippen LogP contribution in [0.3, 0.4) is 0 Å². The van der Waals surface area contributed by atoms with Crippen molar-refractivity contribution in [2.45, 2.75) is 0 Å². The Morgan fingerprint density at radius 3 is 2.58 bits per heavy atom. The second-order valence-electron chi connectivity index (χ2n) is 4.64. The molecule has 0 N–H and O–H groups in total. The highest BCUT2D eigenvalue weighted by Crippen LogP contribution is 2.24. The van der Waals surface area contributed by atoms with Crippen LogP contribution < -0.4 is 4.74 Å². The van der Waals surface area contributed by atoms with Gasteiger partial charge in [0.1, 0.15) is 24.1 Å². The van der Waals surface area contributed by atoms with Gasteiger partial charge in [-0.05, 0) is 36.4 Å². The first-order valence-electron chi connectivity index (χ1n) is 6.66. The fraction of sp³-hybridized carbons (Fsp3) is 0. The predicted octanol–water partition coefficient (Wildman–Crippen LogP) is 3.05. The van der Waals surface area contributed by atoms with Crippen molar-refractivity contribution in [3.05, 3.63) is 75.8 Å². The van der Waals surface area contributed by atoms with E-state index in [0.29, 0.717) is 5.02 Å². The first kappa shape index (κ1) is 15.6. The van der Waals surface area contributed by atoms with Crippen LogP contribution in [0.2, 0.25) is 5.02 Å².